The van der Waals surface area contributed by atoms with Gasteiger partial charge in [-0.1, -0.05) is 23.7 Å². The highest BCUT2D eigenvalue weighted by Gasteiger charge is 2.20. The maximum Gasteiger partial charge on any atom is 0.255 e. The second-order valence-electron chi connectivity index (χ2n) is 4.63. The van der Waals surface area contributed by atoms with E-state index in [0.717, 1.165) is 5.69 Å². The number of hydrogen-bond acceptors (Lipinski definition) is 4. The smallest absolute Gasteiger partial charge is 0.255 e. The van der Waals surface area contributed by atoms with Crippen LogP contribution in [0.4, 0.5) is 0 Å². The molecule has 0 aliphatic heterocycles. The van der Waals surface area contributed by atoms with E-state index in [-0.39, 0.29) is 10.6 Å². The Morgan fingerprint density at radius 2 is 2.05 bits per heavy atom. The first kappa shape index (κ1) is 14.8. The quantitative estimate of drug-likeness (QED) is 0.683. The molecule has 0 saturated heterocycles. The minimum atomic E-state index is -0.649. The van der Waals surface area contributed by atoms with Crippen LogP contribution in [0.25, 0.3) is 16.7 Å². The van der Waals surface area contributed by atoms with Gasteiger partial charge in [-0.05, 0) is 30.7 Å². The van der Waals surface area contributed by atoms with Crippen LogP contribution in [-0.4, -0.2) is 27.1 Å². The first-order chi connectivity index (χ1) is 10.5. The average Bonchev–Trinajstić information content (AvgIpc) is 2.85. The predicted molar refractivity (Wildman–Crippen MR) is 85.3 cm³/mol. The van der Waals surface area contributed by atoms with E-state index >= 15 is 0 Å². The fourth-order valence-corrected chi connectivity index (χ4v) is 2.87. The Hall–Kier alpha value is -2.11. The van der Waals surface area contributed by atoms with Crippen molar-refractivity contribution in [2.45, 2.75) is 6.92 Å². The monoisotopic (exact) mass is 335 g/mol. The number of carbonyl (C=O) groups is 1. The molecule has 0 amide bonds. The summed E-state index contributed by atoms with van der Waals surface area (Å²) in [6.07, 6.45) is 1.35. The van der Waals surface area contributed by atoms with Crippen LogP contribution in [0, 0.1) is 6.92 Å². The standard InChI is InChI=1S/C15H11Cl2N3O2/c1-8-12-13(16)9(14(17)21)7-18-15(12)20(19-8)10-5-3-4-6-11(10)22-2/h3-7H,1-2H3. The fraction of sp³-hybridized carbons (Fsp3) is 0.133. The Kier molecular flexibility index (Phi) is 3.76. The first-order valence-electron chi connectivity index (χ1n) is 6.41. The van der Waals surface area contributed by atoms with E-state index in [9.17, 15) is 4.79 Å². The van der Waals surface area contributed by atoms with Crippen LogP contribution in [0.1, 0.15) is 16.1 Å². The van der Waals surface area contributed by atoms with Crippen molar-refractivity contribution in [2.24, 2.45) is 0 Å². The molecule has 0 saturated carbocycles. The maximum absolute atomic E-state index is 11.4. The van der Waals surface area contributed by atoms with Gasteiger partial charge in [0.2, 0.25) is 0 Å². The van der Waals surface area contributed by atoms with Crippen LogP contribution in [0.2, 0.25) is 5.02 Å². The normalized spacial score (nSPS) is 10.9. The number of hydrogen-bond donors (Lipinski definition) is 0. The van der Waals surface area contributed by atoms with Crippen LogP contribution in [0.3, 0.4) is 0 Å². The molecule has 0 atom stereocenters. The second-order valence-corrected chi connectivity index (χ2v) is 5.35. The largest absolute Gasteiger partial charge is 0.494 e. The van der Waals surface area contributed by atoms with Crippen LogP contribution in [-0.2, 0) is 0 Å². The fourth-order valence-electron chi connectivity index (χ4n) is 2.32. The number of pyridine rings is 1. The molecular weight excluding hydrogens is 325 g/mol. The molecule has 0 unspecified atom stereocenters. The molecule has 5 nitrogen and oxygen atoms in total. The van der Waals surface area contributed by atoms with Crippen LogP contribution in [0.15, 0.2) is 30.5 Å². The van der Waals surface area contributed by atoms with Crippen molar-refractivity contribution in [1.82, 2.24) is 14.8 Å². The molecule has 0 N–H and O–H groups in total. The SMILES string of the molecule is COc1ccccc1-n1nc(C)c2c(Cl)c(C(=O)Cl)cnc21. The molecule has 2 heterocycles. The number of ether oxygens (including phenoxy) is 1. The number of fused-ring (bicyclic) bond motifs is 1. The average molecular weight is 336 g/mol. The molecule has 0 aliphatic carbocycles. The van der Waals surface area contributed by atoms with Gasteiger partial charge in [0.15, 0.2) is 5.65 Å². The van der Waals surface area contributed by atoms with E-state index in [4.69, 9.17) is 27.9 Å². The van der Waals surface area contributed by atoms with E-state index in [1.807, 2.05) is 24.3 Å². The third-order valence-corrected chi connectivity index (χ3v) is 3.93. The molecule has 3 aromatic rings. The predicted octanol–water partition coefficient (Wildman–Crippen LogP) is 3.77. The Morgan fingerprint density at radius 3 is 2.73 bits per heavy atom. The van der Waals surface area contributed by atoms with Crippen molar-refractivity contribution < 1.29 is 9.53 Å². The molecule has 0 radical (unpaired) electrons. The molecular formula is C15H11Cl2N3O2. The van der Waals surface area contributed by atoms with E-state index in [1.54, 1.807) is 18.7 Å². The summed E-state index contributed by atoms with van der Waals surface area (Å²) >= 11 is 11.8. The Bertz CT molecular complexity index is 890. The van der Waals surface area contributed by atoms with Gasteiger partial charge in [-0.15, -0.1) is 0 Å². The highest BCUT2D eigenvalue weighted by molar-refractivity contribution is 6.69. The molecule has 3 rings (SSSR count). The van der Waals surface area contributed by atoms with E-state index in [2.05, 4.69) is 10.1 Å². The van der Waals surface area contributed by atoms with Gasteiger partial charge in [-0.3, -0.25) is 4.79 Å². The number of rotatable bonds is 3. The first-order valence-corrected chi connectivity index (χ1v) is 7.17. The van der Waals surface area contributed by atoms with Gasteiger partial charge in [0.25, 0.3) is 5.24 Å². The number of nitrogens with zero attached hydrogens (tertiary/aromatic N) is 3. The lowest BCUT2D eigenvalue weighted by Crippen LogP contribution is -2.01. The Labute approximate surface area is 136 Å². The molecule has 0 aliphatic rings. The summed E-state index contributed by atoms with van der Waals surface area (Å²) in [6.45, 7) is 1.80. The van der Waals surface area contributed by atoms with E-state index in [0.29, 0.717) is 22.5 Å². The lowest BCUT2D eigenvalue weighted by molar-refractivity contribution is 0.108. The number of para-hydroxylation sites is 2. The number of halogens is 2. The summed E-state index contributed by atoms with van der Waals surface area (Å²) in [6, 6.07) is 7.43. The molecule has 112 valence electrons. The molecule has 0 bridgehead atoms. The number of benzene rings is 1. The Balaban J connectivity index is 2.34. The van der Waals surface area contributed by atoms with Gasteiger partial charge in [0.05, 0.1) is 28.8 Å². The summed E-state index contributed by atoms with van der Waals surface area (Å²) < 4.78 is 6.99. The zero-order valence-corrected chi connectivity index (χ0v) is 13.3. The molecule has 1 aromatic carbocycles. The van der Waals surface area contributed by atoms with Gasteiger partial charge in [0.1, 0.15) is 11.4 Å². The van der Waals surface area contributed by atoms with Gasteiger partial charge < -0.3 is 4.74 Å². The number of carbonyl (C=O) groups excluding carboxylic acids is 1. The lowest BCUT2D eigenvalue weighted by Gasteiger charge is -2.08. The Morgan fingerprint density at radius 1 is 1.32 bits per heavy atom. The summed E-state index contributed by atoms with van der Waals surface area (Å²) in [5, 5.41) is 4.67. The van der Waals surface area contributed by atoms with E-state index in [1.165, 1.54) is 6.20 Å². The van der Waals surface area contributed by atoms with Crippen molar-refractivity contribution in [3.05, 3.63) is 46.7 Å². The van der Waals surface area contributed by atoms with Crippen molar-refractivity contribution in [3.63, 3.8) is 0 Å². The number of aromatic nitrogens is 3. The van der Waals surface area contributed by atoms with E-state index < -0.39 is 5.24 Å². The molecule has 0 spiro atoms. The molecule has 0 fully saturated rings. The highest BCUT2D eigenvalue weighted by Crippen LogP contribution is 2.32. The van der Waals surface area contributed by atoms with Crippen LogP contribution in [0.5, 0.6) is 5.75 Å². The van der Waals surface area contributed by atoms with Crippen LogP contribution >= 0.6 is 23.2 Å². The van der Waals surface area contributed by atoms with Gasteiger partial charge in [0, 0.05) is 6.20 Å². The molecule has 2 aromatic heterocycles. The lowest BCUT2D eigenvalue weighted by atomic mass is 10.2. The minimum Gasteiger partial charge on any atom is -0.494 e. The maximum atomic E-state index is 11.4. The van der Waals surface area contributed by atoms with Gasteiger partial charge in [-0.25, -0.2) is 9.67 Å². The third kappa shape index (κ3) is 2.23. The summed E-state index contributed by atoms with van der Waals surface area (Å²) in [5.74, 6) is 0.655. The zero-order chi connectivity index (χ0) is 15.9. The number of aryl methyl sites for hydroxylation is 1. The van der Waals surface area contributed by atoms with Crippen molar-refractivity contribution in [3.8, 4) is 11.4 Å². The highest BCUT2D eigenvalue weighted by atomic mass is 35.5. The molecule has 22 heavy (non-hydrogen) atoms. The van der Waals surface area contributed by atoms with Crippen molar-refractivity contribution in [2.75, 3.05) is 7.11 Å². The zero-order valence-electron chi connectivity index (χ0n) is 11.8. The minimum absolute atomic E-state index is 0.165. The number of methoxy groups -OCH3 is 1. The van der Waals surface area contributed by atoms with Gasteiger partial charge >= 0.3 is 0 Å². The van der Waals surface area contributed by atoms with Gasteiger partial charge in [-0.2, -0.15) is 5.10 Å². The summed E-state index contributed by atoms with van der Waals surface area (Å²) in [4.78, 5) is 15.7. The summed E-state index contributed by atoms with van der Waals surface area (Å²) in [7, 11) is 1.59. The second kappa shape index (κ2) is 5.59. The topological polar surface area (TPSA) is 57.0 Å². The summed E-state index contributed by atoms with van der Waals surface area (Å²) in [5.41, 5.74) is 2.09. The van der Waals surface area contributed by atoms with Crippen LogP contribution < -0.4 is 4.74 Å². The van der Waals surface area contributed by atoms with Crippen molar-refractivity contribution in [1.29, 1.82) is 0 Å². The third-order valence-electron chi connectivity index (χ3n) is 3.33. The van der Waals surface area contributed by atoms with Crippen molar-refractivity contribution >= 4 is 39.5 Å². The molecule has 7 heteroatoms.